The molecule has 40 atom stereocenters. The minimum absolute atomic E-state index is 0.770. The number of amides is 4. The summed E-state index contributed by atoms with van der Waals surface area (Å²) in [6, 6.07) is -7.14. The van der Waals surface area contributed by atoms with Crippen LogP contribution in [0.5, 0.6) is 0 Å². The van der Waals surface area contributed by atoms with Crippen LogP contribution in [0.15, 0.2) is 0 Å². The molecule has 101 heavy (non-hydrogen) atoms. The molecule has 0 spiro atoms. The second kappa shape index (κ2) is 36.3. The lowest BCUT2D eigenvalue weighted by Gasteiger charge is -2.51. The van der Waals surface area contributed by atoms with Crippen LogP contribution in [-0.4, -0.2) is 434 Å². The number of aliphatic hydroxyl groups is 22. The van der Waals surface area contributed by atoms with Gasteiger partial charge in [0, 0.05) is 27.7 Å². The van der Waals surface area contributed by atoms with Crippen LogP contribution in [0.4, 0.5) is 0 Å². The molecule has 0 radical (unpaired) electrons. The third-order valence-corrected chi connectivity index (χ3v) is 18.3. The summed E-state index contributed by atoms with van der Waals surface area (Å²) in [7, 11) is 0. The van der Waals surface area contributed by atoms with E-state index in [0.717, 1.165) is 27.7 Å². The van der Waals surface area contributed by atoms with E-state index < -0.39 is 322 Å². The summed E-state index contributed by atoms with van der Waals surface area (Å²) < 4.78 is 88.6. The Morgan fingerprint density at radius 3 is 0.970 bits per heavy atom. The average molecular weight is 1480 g/mol. The summed E-state index contributed by atoms with van der Waals surface area (Å²) in [4.78, 5) is 50.2. The van der Waals surface area contributed by atoms with E-state index >= 15 is 0 Å². The van der Waals surface area contributed by atoms with Crippen LogP contribution < -0.4 is 21.3 Å². The number of ether oxygens (including phenoxy) is 15. The predicted octanol–water partition coefficient (Wildman–Crippen LogP) is -17.9. The molecule has 8 saturated heterocycles. The Morgan fingerprint density at radius 2 is 0.545 bits per heavy atom. The number of carbonyl (C=O) groups is 4. The Bertz CT molecular complexity index is 2640. The highest BCUT2D eigenvalue weighted by atomic mass is 16.8. The molecule has 0 unspecified atom stereocenters. The summed E-state index contributed by atoms with van der Waals surface area (Å²) in [5, 5.41) is 252. The molecule has 45 heteroatoms. The van der Waals surface area contributed by atoms with Crippen molar-refractivity contribution < 1.29 is 203 Å². The number of nitrogens with one attached hydrogen (secondary N) is 4. The lowest BCUT2D eigenvalue weighted by atomic mass is 9.93. The Hall–Kier alpha value is -3.60. The lowest BCUT2D eigenvalue weighted by molar-refractivity contribution is -0.398. The quantitative estimate of drug-likeness (QED) is 0.0382. The van der Waals surface area contributed by atoms with Crippen LogP contribution in [0.2, 0.25) is 0 Å². The molecule has 0 bridgehead atoms. The molecular formula is C56H94N4O41. The van der Waals surface area contributed by atoms with Crippen LogP contribution in [0, 0.1) is 0 Å². The highest BCUT2D eigenvalue weighted by Crippen LogP contribution is 2.39. The van der Waals surface area contributed by atoms with E-state index in [0.29, 0.717) is 0 Å². The van der Waals surface area contributed by atoms with Crippen LogP contribution in [-0.2, 0) is 90.2 Å². The van der Waals surface area contributed by atoms with Crippen molar-refractivity contribution >= 4 is 23.6 Å². The highest BCUT2D eigenvalue weighted by molar-refractivity contribution is 5.74. The first-order chi connectivity index (χ1) is 47.8. The molecule has 584 valence electrons. The van der Waals surface area contributed by atoms with Gasteiger partial charge in [0.2, 0.25) is 23.6 Å². The standard InChI is InChI=1S/C56H94N4O41/c1-13(68)57-25-35(78)43(21(9-65)88-49(25)86)96-51-27(59-15(3)70)36(79)45(23(11-67)93-51)98-54-42(85)46(33(76)24(95-54)12-87-55-47(39(82)31(74)19(7-63)91-55)100-50-26(58-14(2)69)34(77)29(72)17(5-61)89-50)99-56-48(40(83)32(75)20(8-64)92-56)101-52-28(60-16(4)71)37(80)44(22(10-66)94-52)97-53-41(84)38(81)30(73)18(6-62)90-53/h17-56,61-67,72-86H,5-12H2,1-4H3,(H,57,68)(H,58,69)(H,59,70)(H,60,71)/t17-,18-,19-,20+,21-,22+,23+,24-,25-,26-,27+,28+,29-,30+,31-,32+,33-,34-,35-,36+,37+,38+,39+,40-,41-,42+,43-,44+,45+,46+,47+,48-,49-,50+,51-,52-,53+,54+,55+,56+/m1/s1. The summed E-state index contributed by atoms with van der Waals surface area (Å²) in [6.07, 6.45) is -73.5. The van der Waals surface area contributed by atoms with Gasteiger partial charge < -0.3 is 205 Å². The molecule has 0 aromatic carbocycles. The smallest absolute Gasteiger partial charge is 0.217 e. The van der Waals surface area contributed by atoms with Crippen molar-refractivity contribution in [2.75, 3.05) is 52.9 Å². The van der Waals surface area contributed by atoms with Crippen LogP contribution in [0.25, 0.3) is 0 Å². The van der Waals surface area contributed by atoms with E-state index in [1.165, 1.54) is 0 Å². The molecule has 0 aromatic rings. The van der Waals surface area contributed by atoms with Crippen molar-refractivity contribution in [3.8, 4) is 0 Å². The molecule has 26 N–H and O–H groups in total. The van der Waals surface area contributed by atoms with E-state index in [4.69, 9.17) is 71.1 Å². The number of hydrogen-bond donors (Lipinski definition) is 26. The molecule has 0 saturated carbocycles. The van der Waals surface area contributed by atoms with E-state index in [2.05, 4.69) is 21.3 Å². The fourth-order valence-corrected chi connectivity index (χ4v) is 13.0. The fraction of sp³-hybridized carbons (Fsp3) is 0.929. The number of aliphatic hydroxyl groups excluding tert-OH is 22. The maximum atomic E-state index is 12.9. The monoisotopic (exact) mass is 1480 g/mol. The third kappa shape index (κ3) is 18.5. The topological polar surface area (TPSA) is 700 Å². The molecule has 8 aliphatic heterocycles. The van der Waals surface area contributed by atoms with Crippen molar-refractivity contribution in [2.45, 2.75) is 273 Å². The minimum atomic E-state index is -2.52. The Balaban J connectivity index is 1.14. The maximum Gasteiger partial charge on any atom is 0.217 e. The van der Waals surface area contributed by atoms with Gasteiger partial charge in [0.05, 0.1) is 52.9 Å². The molecule has 0 aromatic heterocycles. The van der Waals surface area contributed by atoms with E-state index in [1.54, 1.807) is 0 Å². The van der Waals surface area contributed by atoms with Gasteiger partial charge in [-0.15, -0.1) is 0 Å². The second-order valence-corrected chi connectivity index (χ2v) is 25.4. The molecule has 8 fully saturated rings. The zero-order valence-corrected chi connectivity index (χ0v) is 54.3. The van der Waals surface area contributed by atoms with E-state index in [-0.39, 0.29) is 0 Å². The van der Waals surface area contributed by atoms with Gasteiger partial charge in [0.25, 0.3) is 0 Å². The van der Waals surface area contributed by atoms with Gasteiger partial charge in [0.15, 0.2) is 50.3 Å². The van der Waals surface area contributed by atoms with Crippen molar-refractivity contribution in [2.24, 2.45) is 0 Å². The van der Waals surface area contributed by atoms with E-state index in [9.17, 15) is 132 Å². The van der Waals surface area contributed by atoms with Gasteiger partial charge in [-0.2, -0.15) is 0 Å². The van der Waals surface area contributed by atoms with E-state index in [1.807, 2.05) is 0 Å². The normalized spacial score (nSPS) is 48.3. The highest BCUT2D eigenvalue weighted by Gasteiger charge is 2.60. The maximum absolute atomic E-state index is 12.9. The Morgan fingerprint density at radius 1 is 0.257 bits per heavy atom. The largest absolute Gasteiger partial charge is 0.394 e. The number of carbonyl (C=O) groups excluding carboxylic acids is 4. The summed E-state index contributed by atoms with van der Waals surface area (Å²) in [5.41, 5.74) is 0. The minimum Gasteiger partial charge on any atom is -0.394 e. The van der Waals surface area contributed by atoms with Gasteiger partial charge in [-0.25, -0.2) is 0 Å². The SMILES string of the molecule is CC(=O)N[C@@H]1[C@@H](O[C@H]2[C@H](O)[C@@H](NC(C)=O)[C@H](O)O[C@@H]2CO)O[C@@H](CO)[C@H](O[C@@H]2O[C@H](CO[C@H]3O[C@H](CO)[C@@H](O)[C@H](O)[C@@H]3O[C@@H]3O[C@H](CO)[C@@H](O)[C@H](O)[C@H]3NC(C)=O)[C@@H](O)[C@H](O[C@@H]3O[C@@H](CO)[C@H](O)[C@@H](O)[C@H]3O[C@H]3O[C@@H](CO)[C@H](O[C@@H]4O[C@H](CO)[C@H](O)[C@H](O)[C@H]4O)[C@@H](O)[C@@H]3NC(C)=O)[C@@H]2O)[C@H]1O. The first-order valence-electron chi connectivity index (χ1n) is 32.1. The van der Waals surface area contributed by atoms with Gasteiger partial charge >= 0.3 is 0 Å². The molecular weight excluding hydrogens is 1380 g/mol. The van der Waals surface area contributed by atoms with Gasteiger partial charge in [-0.1, -0.05) is 0 Å². The third-order valence-electron chi connectivity index (χ3n) is 18.3. The summed E-state index contributed by atoms with van der Waals surface area (Å²) in [6.45, 7) is -4.55. The molecule has 45 nitrogen and oxygen atoms in total. The Labute approximate surface area is 572 Å². The first-order valence-corrected chi connectivity index (χ1v) is 32.1. The second-order valence-electron chi connectivity index (χ2n) is 25.4. The van der Waals surface area contributed by atoms with Crippen LogP contribution in [0.1, 0.15) is 27.7 Å². The average Bonchev–Trinajstić information content (AvgIpc) is 0.772. The van der Waals surface area contributed by atoms with Crippen LogP contribution >= 0.6 is 0 Å². The van der Waals surface area contributed by atoms with Gasteiger partial charge in [0.1, 0.15) is 195 Å². The fourth-order valence-electron chi connectivity index (χ4n) is 13.0. The molecule has 8 heterocycles. The zero-order chi connectivity index (χ0) is 74.5. The zero-order valence-electron chi connectivity index (χ0n) is 54.3. The predicted molar refractivity (Wildman–Crippen MR) is 311 cm³/mol. The molecule has 4 amide bonds. The lowest BCUT2D eigenvalue weighted by Crippen LogP contribution is -2.71. The Kier molecular flexibility index (Phi) is 29.9. The summed E-state index contributed by atoms with van der Waals surface area (Å²) >= 11 is 0. The van der Waals surface area contributed by atoms with Gasteiger partial charge in [-0.05, 0) is 0 Å². The molecule has 8 rings (SSSR count). The van der Waals surface area contributed by atoms with Crippen LogP contribution in [0.3, 0.4) is 0 Å². The molecule has 0 aliphatic carbocycles. The first kappa shape index (κ1) is 83.0. The van der Waals surface area contributed by atoms with Gasteiger partial charge in [-0.3, -0.25) is 19.2 Å². The van der Waals surface area contributed by atoms with Crippen molar-refractivity contribution in [3.63, 3.8) is 0 Å². The summed E-state index contributed by atoms with van der Waals surface area (Å²) in [5.74, 6) is -3.45. The van der Waals surface area contributed by atoms with Crippen molar-refractivity contribution in [1.29, 1.82) is 0 Å². The van der Waals surface area contributed by atoms with Crippen molar-refractivity contribution in [1.82, 2.24) is 21.3 Å². The number of rotatable bonds is 26. The van der Waals surface area contributed by atoms with Crippen molar-refractivity contribution in [3.05, 3.63) is 0 Å². The molecule has 8 aliphatic rings. The number of hydrogen-bond acceptors (Lipinski definition) is 41.